The Morgan fingerprint density at radius 1 is 0.886 bits per heavy atom. The van der Waals surface area contributed by atoms with Crippen molar-refractivity contribution in [2.24, 2.45) is 0 Å². The molecule has 0 spiro atoms. The zero-order valence-corrected chi connectivity index (χ0v) is 20.0. The Hall–Kier alpha value is -3.66. The van der Waals surface area contributed by atoms with Crippen LogP contribution >= 0.6 is 11.6 Å². The topological polar surface area (TPSA) is 116 Å². The molecule has 4 rings (SSSR count). The number of benzene rings is 3. The minimum atomic E-state index is -4.24. The summed E-state index contributed by atoms with van der Waals surface area (Å²) in [6.45, 7) is -0.585. The third-order valence-corrected chi connectivity index (χ3v) is 7.27. The summed E-state index contributed by atoms with van der Waals surface area (Å²) in [4.78, 5) is 26.1. The van der Waals surface area contributed by atoms with Crippen molar-refractivity contribution < 1.29 is 23.2 Å². The van der Waals surface area contributed by atoms with E-state index in [4.69, 9.17) is 16.8 Å². The lowest BCUT2D eigenvalue weighted by atomic mass is 9.87. The normalized spacial score (nSPS) is 12.7. The van der Waals surface area contributed by atoms with Gasteiger partial charge in [-0.05, 0) is 46.5 Å². The number of urea groups is 1. The average molecular weight is 512 g/mol. The fourth-order valence-electron chi connectivity index (χ4n) is 4.00. The van der Waals surface area contributed by atoms with Gasteiger partial charge in [-0.1, -0.05) is 72.3 Å². The van der Waals surface area contributed by atoms with Gasteiger partial charge in [0.15, 0.2) is 0 Å². The molecule has 0 aliphatic heterocycles. The molecular weight excluding hydrogens is 490 g/mol. The van der Waals surface area contributed by atoms with Crippen LogP contribution in [0.25, 0.3) is 12.2 Å². The van der Waals surface area contributed by atoms with Gasteiger partial charge >= 0.3 is 6.03 Å². The van der Waals surface area contributed by atoms with Crippen LogP contribution in [0.15, 0.2) is 77.7 Å². The summed E-state index contributed by atoms with van der Waals surface area (Å²) < 4.78 is 27.6. The number of nitrogens with one attached hydrogen (secondary N) is 2. The number of rotatable bonds is 6. The minimum Gasteiger partial charge on any atom is -0.314 e. The first-order valence-corrected chi connectivity index (χ1v) is 12.5. The van der Waals surface area contributed by atoms with E-state index in [-0.39, 0.29) is 17.4 Å². The summed E-state index contributed by atoms with van der Waals surface area (Å²) in [6.07, 6.45) is 3.95. The third kappa shape index (κ3) is 5.54. The van der Waals surface area contributed by atoms with Crippen LogP contribution in [0.1, 0.15) is 28.2 Å². The molecule has 3 amide bonds. The number of sulfonamides is 1. The Morgan fingerprint density at radius 2 is 1.43 bits per heavy atom. The van der Waals surface area contributed by atoms with E-state index >= 15 is 0 Å². The van der Waals surface area contributed by atoms with Crippen molar-refractivity contribution in [3.8, 4) is 0 Å². The molecule has 3 N–H and O–H groups in total. The fourth-order valence-corrected chi connectivity index (χ4v) is 5.10. The van der Waals surface area contributed by atoms with Crippen LogP contribution in [0.2, 0.25) is 5.02 Å². The highest BCUT2D eigenvalue weighted by Crippen LogP contribution is 2.35. The zero-order chi connectivity index (χ0) is 25.0. The van der Waals surface area contributed by atoms with Crippen LogP contribution in [0, 0.1) is 0 Å². The summed E-state index contributed by atoms with van der Waals surface area (Å²) in [5, 5.41) is 9.41. The molecule has 3 aromatic rings. The van der Waals surface area contributed by atoms with Crippen LogP contribution in [-0.2, 0) is 14.8 Å². The predicted molar refractivity (Wildman–Crippen MR) is 132 cm³/mol. The number of carbonyl (C=O) groups is 2. The van der Waals surface area contributed by atoms with Gasteiger partial charge in [-0.25, -0.2) is 23.4 Å². The quantitative estimate of drug-likeness (QED) is 0.343. The molecule has 0 saturated carbocycles. The molecule has 0 aromatic heterocycles. The van der Waals surface area contributed by atoms with E-state index < -0.39 is 28.5 Å². The Morgan fingerprint density at radius 3 is 1.97 bits per heavy atom. The van der Waals surface area contributed by atoms with Crippen molar-refractivity contribution >= 4 is 45.7 Å². The smallest absolute Gasteiger partial charge is 0.314 e. The Bertz CT molecular complexity index is 1340. The summed E-state index contributed by atoms with van der Waals surface area (Å²) in [7, 11) is -4.24. The number of carbonyl (C=O) groups excluding carboxylic acids is 2. The van der Waals surface area contributed by atoms with Gasteiger partial charge < -0.3 is 4.90 Å². The second-order valence-corrected chi connectivity index (χ2v) is 10.0. The number of hydroxylamine groups is 1. The van der Waals surface area contributed by atoms with Crippen molar-refractivity contribution in [1.82, 2.24) is 15.1 Å². The predicted octanol–water partition coefficient (Wildman–Crippen LogP) is 3.86. The maximum atomic E-state index is 13.2. The highest BCUT2D eigenvalue weighted by atomic mass is 35.5. The molecular formula is C25H22ClN3O5S. The molecule has 0 bridgehead atoms. The highest BCUT2D eigenvalue weighted by Gasteiger charge is 2.29. The monoisotopic (exact) mass is 511 g/mol. The Kier molecular flexibility index (Phi) is 7.20. The zero-order valence-electron chi connectivity index (χ0n) is 18.4. The average Bonchev–Trinajstić information content (AvgIpc) is 3.00. The first-order valence-electron chi connectivity index (χ1n) is 10.6. The molecule has 1 aliphatic rings. The van der Waals surface area contributed by atoms with Crippen LogP contribution in [-0.4, -0.2) is 43.6 Å². The van der Waals surface area contributed by atoms with Crippen molar-refractivity contribution in [3.63, 3.8) is 0 Å². The molecule has 180 valence electrons. The summed E-state index contributed by atoms with van der Waals surface area (Å²) in [5.41, 5.74) is 5.21. The van der Waals surface area contributed by atoms with E-state index in [0.717, 1.165) is 27.2 Å². The van der Waals surface area contributed by atoms with E-state index in [2.05, 4.69) is 0 Å². The maximum Gasteiger partial charge on any atom is 0.331 e. The van der Waals surface area contributed by atoms with E-state index in [0.29, 0.717) is 5.02 Å². The molecule has 3 aromatic carbocycles. The first kappa shape index (κ1) is 24.5. The number of halogens is 1. The summed E-state index contributed by atoms with van der Waals surface area (Å²) >= 11 is 5.83. The molecule has 10 heteroatoms. The largest absolute Gasteiger partial charge is 0.331 e. The van der Waals surface area contributed by atoms with Gasteiger partial charge in [-0.15, -0.1) is 0 Å². The fraction of sp³-hybridized carbons (Fsp3) is 0.120. The molecule has 0 radical (unpaired) electrons. The van der Waals surface area contributed by atoms with Crippen molar-refractivity contribution in [1.29, 1.82) is 0 Å². The van der Waals surface area contributed by atoms with Crippen LogP contribution in [0.5, 0.6) is 0 Å². The van der Waals surface area contributed by atoms with Gasteiger partial charge in [0.1, 0.15) is 6.54 Å². The van der Waals surface area contributed by atoms with Crippen molar-refractivity contribution in [2.75, 3.05) is 13.1 Å². The molecule has 35 heavy (non-hydrogen) atoms. The molecule has 0 heterocycles. The standard InChI is InChI=1S/C25H22ClN3O5S/c26-19-11-13-20(14-12-19)35(33,34)28-25(31)29(16-24(30)27-32)15-23-21-7-3-1-5-17(21)9-10-18-6-2-4-8-22(18)23/h1-14,23,32H,15-16H2,(H,27,30)(H,28,31). The van der Waals surface area contributed by atoms with Crippen molar-refractivity contribution in [3.05, 3.63) is 100 Å². The molecule has 0 saturated heterocycles. The maximum absolute atomic E-state index is 13.2. The van der Waals surface area contributed by atoms with Gasteiger partial charge in [0, 0.05) is 17.5 Å². The number of fused-ring (bicyclic) bond motifs is 2. The van der Waals surface area contributed by atoms with Gasteiger partial charge in [-0.2, -0.15) is 0 Å². The van der Waals surface area contributed by atoms with E-state index in [1.807, 2.05) is 65.4 Å². The van der Waals surface area contributed by atoms with E-state index in [9.17, 15) is 18.0 Å². The molecule has 1 aliphatic carbocycles. The summed E-state index contributed by atoms with van der Waals surface area (Å²) in [5.74, 6) is -1.23. The SMILES string of the molecule is O=C(CN(CC1c2ccccc2C=Cc2ccccc21)C(=O)NS(=O)(=O)c1ccc(Cl)cc1)NO. The lowest BCUT2D eigenvalue weighted by Gasteiger charge is -2.28. The Labute approximate surface area is 207 Å². The summed E-state index contributed by atoms with van der Waals surface area (Å²) in [6, 6.07) is 19.6. The number of amides is 3. The minimum absolute atomic E-state index is 0.0227. The van der Waals surface area contributed by atoms with Gasteiger partial charge in [0.25, 0.3) is 15.9 Å². The molecule has 8 nitrogen and oxygen atoms in total. The third-order valence-electron chi connectivity index (χ3n) is 5.68. The number of nitrogens with zero attached hydrogens (tertiary/aromatic N) is 1. The second-order valence-electron chi connectivity index (χ2n) is 7.92. The van der Waals surface area contributed by atoms with Crippen LogP contribution < -0.4 is 10.2 Å². The van der Waals surface area contributed by atoms with E-state index in [1.54, 1.807) is 0 Å². The second kappa shape index (κ2) is 10.3. The van der Waals surface area contributed by atoms with Gasteiger partial charge in [0.2, 0.25) is 0 Å². The lowest BCUT2D eigenvalue weighted by Crippen LogP contribution is -2.48. The molecule has 0 unspecified atom stereocenters. The highest BCUT2D eigenvalue weighted by molar-refractivity contribution is 7.90. The van der Waals surface area contributed by atoms with Gasteiger partial charge in [-0.3, -0.25) is 10.0 Å². The number of hydrogen-bond acceptors (Lipinski definition) is 5. The van der Waals surface area contributed by atoms with Crippen LogP contribution in [0.4, 0.5) is 4.79 Å². The molecule has 0 atom stereocenters. The Balaban J connectivity index is 1.69. The first-order chi connectivity index (χ1) is 16.8. The lowest BCUT2D eigenvalue weighted by molar-refractivity contribution is -0.129. The van der Waals surface area contributed by atoms with Gasteiger partial charge in [0.05, 0.1) is 4.90 Å². The molecule has 0 fully saturated rings. The number of hydrogen-bond donors (Lipinski definition) is 3. The van der Waals surface area contributed by atoms with E-state index in [1.165, 1.54) is 29.7 Å². The van der Waals surface area contributed by atoms with Crippen LogP contribution in [0.3, 0.4) is 0 Å². The van der Waals surface area contributed by atoms with Crippen molar-refractivity contribution in [2.45, 2.75) is 10.8 Å².